The first-order valence-electron chi connectivity index (χ1n) is 14.4. The van der Waals surface area contributed by atoms with Crippen LogP contribution in [0.25, 0.3) is 0 Å². The predicted octanol–water partition coefficient (Wildman–Crippen LogP) is 5.55. The summed E-state index contributed by atoms with van der Waals surface area (Å²) in [6.07, 6.45) is 13.1. The summed E-state index contributed by atoms with van der Waals surface area (Å²) in [5, 5.41) is 26.9. The van der Waals surface area contributed by atoms with Crippen molar-refractivity contribution >= 4 is 23.6 Å². The maximum Gasteiger partial charge on any atom is 0.224 e. The van der Waals surface area contributed by atoms with Crippen LogP contribution in [0.2, 0.25) is 0 Å². The molecule has 5 atom stereocenters. The molecule has 6 nitrogen and oxygen atoms in total. The van der Waals surface area contributed by atoms with Crippen molar-refractivity contribution in [3.8, 4) is 0 Å². The molecule has 1 aliphatic carbocycles. The Morgan fingerprint density at radius 1 is 1.13 bits per heavy atom. The zero-order valence-corrected chi connectivity index (χ0v) is 25.5. The molecule has 0 aromatic carbocycles. The molecule has 218 valence electrons. The molecule has 0 spiro atoms. The van der Waals surface area contributed by atoms with Gasteiger partial charge in [-0.05, 0) is 32.1 Å². The molecule has 0 heterocycles. The Morgan fingerprint density at radius 2 is 1.79 bits per heavy atom. The molecule has 0 aliphatic heterocycles. The molecule has 1 rings (SSSR count). The van der Waals surface area contributed by atoms with Crippen molar-refractivity contribution in [1.82, 2.24) is 10.6 Å². The summed E-state index contributed by atoms with van der Waals surface area (Å²) >= 11 is 1.77. The number of carbonyl (C=O) groups is 2. The zero-order valence-electron chi connectivity index (χ0n) is 24.7. The number of nitrogens with one attached hydrogen (secondary N) is 2. The minimum Gasteiger partial charge on any atom is -0.388 e. The highest BCUT2D eigenvalue weighted by Gasteiger charge is 2.31. The standard InChI is InChI=1S/C31H54N2O4S/c1-8-11-15-23(9-2)18-25(21-38-31(5,6)7)30(37)32-20-22(4)29(36)33-26(28(35)27(34)10-3)19-24-16-13-12-14-17-24/h8,10-11,15,22,24-28,34-35H,3,9,12-14,16-21H2,1-2,4-7H3,(H,32,37)(H,33,36)/b11-8-,23-15+/t22-,25-,26?,27+,28-/m1/s1. The molecule has 7 heteroatoms. The van der Waals surface area contributed by atoms with Gasteiger partial charge in [-0.15, -0.1) is 6.58 Å². The molecule has 38 heavy (non-hydrogen) atoms. The van der Waals surface area contributed by atoms with Crippen LogP contribution in [0.5, 0.6) is 0 Å². The fourth-order valence-corrected chi connectivity index (χ4v) is 5.69. The van der Waals surface area contributed by atoms with Gasteiger partial charge in [-0.3, -0.25) is 9.59 Å². The molecule has 1 saturated carbocycles. The molecule has 1 aliphatic rings. The van der Waals surface area contributed by atoms with Gasteiger partial charge in [0.25, 0.3) is 0 Å². The van der Waals surface area contributed by atoms with Crippen molar-refractivity contribution in [1.29, 1.82) is 0 Å². The number of aliphatic hydroxyl groups excluding tert-OH is 2. The Kier molecular flexibility index (Phi) is 16.2. The van der Waals surface area contributed by atoms with Crippen molar-refractivity contribution in [2.75, 3.05) is 12.3 Å². The Balaban J connectivity index is 2.83. The molecule has 1 fully saturated rings. The van der Waals surface area contributed by atoms with E-state index in [1.54, 1.807) is 18.7 Å². The number of amides is 2. The smallest absolute Gasteiger partial charge is 0.224 e. The van der Waals surface area contributed by atoms with Gasteiger partial charge >= 0.3 is 0 Å². The molecule has 0 aromatic heterocycles. The molecule has 0 radical (unpaired) electrons. The number of hydrogen-bond donors (Lipinski definition) is 4. The Morgan fingerprint density at radius 3 is 2.34 bits per heavy atom. The van der Waals surface area contributed by atoms with E-state index in [4.69, 9.17) is 0 Å². The third-order valence-corrected chi connectivity index (χ3v) is 8.68. The predicted molar refractivity (Wildman–Crippen MR) is 161 cm³/mol. The van der Waals surface area contributed by atoms with Gasteiger partial charge in [-0.1, -0.05) is 96.6 Å². The summed E-state index contributed by atoms with van der Waals surface area (Å²) in [7, 11) is 0. The number of carbonyl (C=O) groups excluding carboxylic acids is 2. The van der Waals surface area contributed by atoms with Crippen LogP contribution in [0, 0.1) is 17.8 Å². The number of allylic oxidation sites excluding steroid dienone is 4. The molecule has 0 bridgehead atoms. The van der Waals surface area contributed by atoms with E-state index in [9.17, 15) is 19.8 Å². The topological polar surface area (TPSA) is 98.7 Å². The van der Waals surface area contributed by atoms with Crippen LogP contribution in [0.4, 0.5) is 0 Å². The monoisotopic (exact) mass is 550 g/mol. The van der Waals surface area contributed by atoms with E-state index in [0.29, 0.717) is 24.5 Å². The Labute approximate surface area is 236 Å². The van der Waals surface area contributed by atoms with Crippen LogP contribution in [0.1, 0.15) is 92.9 Å². The van der Waals surface area contributed by atoms with E-state index in [1.165, 1.54) is 18.1 Å². The molecule has 4 N–H and O–H groups in total. The van der Waals surface area contributed by atoms with Crippen molar-refractivity contribution in [2.24, 2.45) is 17.8 Å². The SMILES string of the molecule is C=C[C@H](O)[C@H](O)C(CC1CCCCC1)NC(=O)[C@H](C)CNC(=O)[C@@H](CSC(C)(C)C)C/C(=C/C=C\C)CC. The van der Waals surface area contributed by atoms with Crippen molar-refractivity contribution < 1.29 is 19.8 Å². The van der Waals surface area contributed by atoms with Gasteiger partial charge in [0, 0.05) is 17.0 Å². The second-order valence-electron chi connectivity index (χ2n) is 11.7. The summed E-state index contributed by atoms with van der Waals surface area (Å²) in [4.78, 5) is 26.3. The second-order valence-corrected chi connectivity index (χ2v) is 13.6. The highest BCUT2D eigenvalue weighted by atomic mass is 32.2. The maximum absolute atomic E-state index is 13.2. The molecule has 2 amide bonds. The van der Waals surface area contributed by atoms with E-state index >= 15 is 0 Å². The zero-order chi connectivity index (χ0) is 28.7. The van der Waals surface area contributed by atoms with E-state index in [1.807, 2.05) is 19.1 Å². The van der Waals surface area contributed by atoms with Gasteiger partial charge in [-0.2, -0.15) is 11.8 Å². The number of thioether (sulfide) groups is 1. The molecule has 1 unspecified atom stereocenters. The molecule has 0 saturated heterocycles. The first-order chi connectivity index (χ1) is 17.9. The van der Waals surface area contributed by atoms with Crippen LogP contribution >= 0.6 is 11.8 Å². The van der Waals surface area contributed by atoms with Gasteiger partial charge in [0.15, 0.2) is 0 Å². The first kappa shape index (κ1) is 34.5. The minimum atomic E-state index is -1.12. The third-order valence-electron chi connectivity index (χ3n) is 7.25. The number of hydrogen-bond acceptors (Lipinski definition) is 5. The minimum absolute atomic E-state index is 0.0397. The number of aliphatic hydroxyl groups is 2. The fourth-order valence-electron chi connectivity index (χ4n) is 4.72. The average Bonchev–Trinajstić information content (AvgIpc) is 2.89. The number of rotatable bonds is 16. The van der Waals surface area contributed by atoms with E-state index in [-0.39, 0.29) is 29.0 Å². The van der Waals surface area contributed by atoms with Gasteiger partial charge in [0.2, 0.25) is 11.8 Å². The highest BCUT2D eigenvalue weighted by Crippen LogP contribution is 2.30. The lowest BCUT2D eigenvalue weighted by Crippen LogP contribution is -2.51. The maximum atomic E-state index is 13.2. The second kappa shape index (κ2) is 17.9. The lowest BCUT2D eigenvalue weighted by atomic mass is 9.83. The summed E-state index contributed by atoms with van der Waals surface area (Å²) in [6, 6.07) is -0.559. The lowest BCUT2D eigenvalue weighted by molar-refractivity contribution is -0.128. The molecule has 0 aromatic rings. The quantitative estimate of drug-likeness (QED) is 0.149. The molecular formula is C31H54N2O4S. The van der Waals surface area contributed by atoms with Gasteiger partial charge in [0.1, 0.15) is 6.10 Å². The van der Waals surface area contributed by atoms with Crippen LogP contribution in [0.15, 0.2) is 36.5 Å². The normalized spacial score (nSPS) is 19.4. The molecular weight excluding hydrogens is 496 g/mol. The Hall–Kier alpha value is -1.57. The van der Waals surface area contributed by atoms with Gasteiger partial charge < -0.3 is 20.8 Å². The highest BCUT2D eigenvalue weighted by molar-refractivity contribution is 8.00. The van der Waals surface area contributed by atoms with E-state index in [0.717, 1.165) is 32.1 Å². The first-order valence-corrected chi connectivity index (χ1v) is 15.4. The fraction of sp³-hybridized carbons (Fsp3) is 0.742. The lowest BCUT2D eigenvalue weighted by Gasteiger charge is -2.32. The summed E-state index contributed by atoms with van der Waals surface area (Å²) < 4.78 is 0.0509. The van der Waals surface area contributed by atoms with Crippen LogP contribution < -0.4 is 10.6 Å². The van der Waals surface area contributed by atoms with Crippen molar-refractivity contribution in [2.45, 2.75) is 116 Å². The van der Waals surface area contributed by atoms with Crippen molar-refractivity contribution in [3.63, 3.8) is 0 Å². The largest absolute Gasteiger partial charge is 0.388 e. The van der Waals surface area contributed by atoms with E-state index in [2.05, 4.69) is 51.0 Å². The van der Waals surface area contributed by atoms with E-state index < -0.39 is 24.2 Å². The van der Waals surface area contributed by atoms with Crippen LogP contribution in [0.3, 0.4) is 0 Å². The van der Waals surface area contributed by atoms with Crippen LogP contribution in [-0.2, 0) is 9.59 Å². The summed E-state index contributed by atoms with van der Waals surface area (Å²) in [5.74, 6) is 0.195. The van der Waals surface area contributed by atoms with Gasteiger partial charge in [-0.25, -0.2) is 0 Å². The summed E-state index contributed by atoms with van der Waals surface area (Å²) in [6.45, 7) is 16.1. The summed E-state index contributed by atoms with van der Waals surface area (Å²) in [5.41, 5.74) is 1.23. The average molecular weight is 551 g/mol. The van der Waals surface area contributed by atoms with Gasteiger partial charge in [0.05, 0.1) is 24.0 Å². The van der Waals surface area contributed by atoms with Crippen molar-refractivity contribution in [3.05, 3.63) is 36.5 Å². The third kappa shape index (κ3) is 13.5. The Bertz CT molecular complexity index is 783. The van der Waals surface area contributed by atoms with Crippen LogP contribution in [-0.4, -0.2) is 57.3 Å².